The molecule has 0 spiro atoms. The van der Waals surface area contributed by atoms with E-state index < -0.39 is 43.1 Å². The number of aliphatic hydroxyl groups excluding tert-OH is 1. The number of aliphatic hydroxyl groups is 1. The first kappa shape index (κ1) is 18.9. The molecule has 0 radical (unpaired) electrons. The second-order valence-corrected chi connectivity index (χ2v) is 5.70. The van der Waals surface area contributed by atoms with Crippen LogP contribution in [-0.2, 0) is 9.59 Å². The third kappa shape index (κ3) is 4.17. The molecule has 3 atom stereocenters. The van der Waals surface area contributed by atoms with Gasteiger partial charge < -0.3 is 36.2 Å². The van der Waals surface area contributed by atoms with Crippen LogP contribution in [0.4, 0.5) is 0 Å². The Morgan fingerprint density at radius 2 is 2.14 bits per heavy atom. The Hall–Kier alpha value is -1.20. The van der Waals surface area contributed by atoms with Crippen LogP contribution < -0.4 is 11.1 Å². The molecule has 0 aliphatic carbocycles. The molecule has 1 saturated heterocycles. The molecule has 0 aromatic carbocycles. The minimum absolute atomic E-state index is 0.121. The largest absolute Gasteiger partial charge is 0.480 e. The number of carbonyl (C=O) groups excluding carboxylic acids is 1. The Bertz CT molecular complexity index is 406. The van der Waals surface area contributed by atoms with Crippen LogP contribution in [0.15, 0.2) is 0 Å². The molecule has 1 aliphatic rings. The molecule has 1 amide bonds. The predicted octanol–water partition coefficient (Wildman–Crippen LogP) is -2.94. The lowest BCUT2D eigenvalue weighted by molar-refractivity contribution is -0.144. The van der Waals surface area contributed by atoms with Crippen LogP contribution in [-0.4, -0.2) is 82.5 Å². The molecular formula is C12H24BN3O6. The summed E-state index contributed by atoms with van der Waals surface area (Å²) in [5.41, 5.74) is 4.41. The molecule has 1 rings (SSSR count). The number of rotatable bonds is 8. The van der Waals surface area contributed by atoms with Crippen LogP contribution >= 0.6 is 0 Å². The SMILES string of the molecule is CN[C@@H](CO)C(=O)N1C[C@H](CCCB(O)O)[C@](N)(C(=O)O)C1. The van der Waals surface area contributed by atoms with E-state index in [-0.39, 0.29) is 19.4 Å². The van der Waals surface area contributed by atoms with E-state index in [9.17, 15) is 14.7 Å². The summed E-state index contributed by atoms with van der Waals surface area (Å²) < 4.78 is 0. The van der Waals surface area contributed by atoms with Gasteiger partial charge in [-0.15, -0.1) is 0 Å². The molecule has 0 aromatic heterocycles. The number of hydrogen-bond donors (Lipinski definition) is 6. The number of aliphatic carboxylic acids is 1. The molecule has 0 bridgehead atoms. The molecule has 22 heavy (non-hydrogen) atoms. The zero-order valence-corrected chi connectivity index (χ0v) is 12.6. The van der Waals surface area contributed by atoms with Gasteiger partial charge in [-0.1, -0.05) is 6.42 Å². The summed E-state index contributed by atoms with van der Waals surface area (Å²) in [6.07, 6.45) is 0.884. The van der Waals surface area contributed by atoms with Gasteiger partial charge in [0.25, 0.3) is 0 Å². The number of carboxylic acid groups (broad SMARTS) is 1. The standard InChI is InChI=1S/C12H24BN3O6/c1-15-9(6-17)10(18)16-5-8(3-2-4-13(21)22)12(14,7-16)11(19)20/h8-9,15,17,21-22H,2-7,14H2,1H3,(H,19,20)/t8-,9-,12-/m0/s1. The van der Waals surface area contributed by atoms with Gasteiger partial charge in [0.05, 0.1) is 6.61 Å². The van der Waals surface area contributed by atoms with E-state index in [0.717, 1.165) is 0 Å². The summed E-state index contributed by atoms with van der Waals surface area (Å²) in [6, 6.07) is -0.795. The van der Waals surface area contributed by atoms with Crippen molar-refractivity contribution in [2.24, 2.45) is 11.7 Å². The lowest BCUT2D eigenvalue weighted by Gasteiger charge is -2.25. The second kappa shape index (κ2) is 7.88. The second-order valence-electron chi connectivity index (χ2n) is 5.70. The van der Waals surface area contributed by atoms with Crippen LogP contribution in [0.5, 0.6) is 0 Å². The van der Waals surface area contributed by atoms with Crippen molar-refractivity contribution in [2.45, 2.75) is 30.7 Å². The fourth-order valence-corrected chi connectivity index (χ4v) is 2.76. The summed E-state index contributed by atoms with van der Waals surface area (Å²) in [6.45, 7) is -0.356. The van der Waals surface area contributed by atoms with Gasteiger partial charge in [0, 0.05) is 19.0 Å². The highest BCUT2D eigenvalue weighted by atomic mass is 16.4. The third-order valence-electron chi connectivity index (χ3n) is 4.18. The lowest BCUT2D eigenvalue weighted by Crippen LogP contribution is -2.56. The summed E-state index contributed by atoms with van der Waals surface area (Å²) in [5.74, 6) is -2.07. The number of likely N-dealkylation sites (N-methyl/N-ethyl adjacent to an activating group) is 1. The van der Waals surface area contributed by atoms with E-state index in [2.05, 4.69) is 5.32 Å². The smallest absolute Gasteiger partial charge is 0.451 e. The van der Waals surface area contributed by atoms with Crippen molar-refractivity contribution < 1.29 is 29.9 Å². The molecule has 1 fully saturated rings. The van der Waals surface area contributed by atoms with Gasteiger partial charge in [0.15, 0.2) is 0 Å². The average Bonchev–Trinajstić information content (AvgIpc) is 2.78. The molecule has 0 aromatic rings. The minimum atomic E-state index is -1.57. The number of nitrogens with zero attached hydrogens (tertiary/aromatic N) is 1. The minimum Gasteiger partial charge on any atom is -0.480 e. The highest BCUT2D eigenvalue weighted by Crippen LogP contribution is 2.30. The number of likely N-dealkylation sites (tertiary alicyclic amines) is 1. The number of carboxylic acids is 1. The highest BCUT2D eigenvalue weighted by Gasteiger charge is 2.51. The fraction of sp³-hybridized carbons (Fsp3) is 0.833. The van der Waals surface area contributed by atoms with Gasteiger partial charge >= 0.3 is 13.1 Å². The Balaban J connectivity index is 2.79. The Morgan fingerprint density at radius 3 is 2.59 bits per heavy atom. The molecular weight excluding hydrogens is 293 g/mol. The van der Waals surface area contributed by atoms with Gasteiger partial charge in [-0.2, -0.15) is 0 Å². The van der Waals surface area contributed by atoms with Gasteiger partial charge in [-0.25, -0.2) is 0 Å². The van der Waals surface area contributed by atoms with E-state index >= 15 is 0 Å². The van der Waals surface area contributed by atoms with Crippen LogP contribution in [0.25, 0.3) is 0 Å². The van der Waals surface area contributed by atoms with Crippen molar-refractivity contribution in [2.75, 3.05) is 26.7 Å². The van der Waals surface area contributed by atoms with Crippen molar-refractivity contribution in [3.8, 4) is 0 Å². The molecule has 126 valence electrons. The maximum Gasteiger partial charge on any atom is 0.451 e. The van der Waals surface area contributed by atoms with Gasteiger partial charge in [0.2, 0.25) is 5.91 Å². The maximum atomic E-state index is 12.2. The van der Waals surface area contributed by atoms with E-state index in [1.165, 1.54) is 11.9 Å². The van der Waals surface area contributed by atoms with E-state index in [1.807, 2.05) is 0 Å². The van der Waals surface area contributed by atoms with Gasteiger partial charge in [-0.05, 0) is 19.8 Å². The van der Waals surface area contributed by atoms with Crippen LogP contribution in [0.2, 0.25) is 6.32 Å². The fourth-order valence-electron chi connectivity index (χ4n) is 2.76. The quantitative estimate of drug-likeness (QED) is 0.260. The summed E-state index contributed by atoms with van der Waals surface area (Å²) in [7, 11) is 0.0844. The third-order valence-corrected chi connectivity index (χ3v) is 4.18. The number of hydrogen-bond acceptors (Lipinski definition) is 7. The molecule has 1 heterocycles. The van der Waals surface area contributed by atoms with Crippen molar-refractivity contribution >= 4 is 19.0 Å². The Kier molecular flexibility index (Phi) is 6.76. The van der Waals surface area contributed by atoms with Crippen LogP contribution in [0.1, 0.15) is 12.8 Å². The first-order valence-corrected chi connectivity index (χ1v) is 7.21. The predicted molar refractivity (Wildman–Crippen MR) is 78.8 cm³/mol. The van der Waals surface area contributed by atoms with E-state index in [0.29, 0.717) is 12.8 Å². The monoisotopic (exact) mass is 317 g/mol. The number of amides is 1. The first-order valence-electron chi connectivity index (χ1n) is 7.21. The number of carbonyl (C=O) groups is 2. The molecule has 9 nitrogen and oxygen atoms in total. The molecule has 1 aliphatic heterocycles. The van der Waals surface area contributed by atoms with E-state index in [1.54, 1.807) is 0 Å². The highest BCUT2D eigenvalue weighted by molar-refractivity contribution is 6.40. The summed E-state index contributed by atoms with van der Waals surface area (Å²) in [4.78, 5) is 25.0. The zero-order chi connectivity index (χ0) is 16.9. The van der Waals surface area contributed by atoms with Crippen molar-refractivity contribution in [1.82, 2.24) is 10.2 Å². The molecule has 7 N–H and O–H groups in total. The Labute approximate surface area is 129 Å². The van der Waals surface area contributed by atoms with E-state index in [4.69, 9.17) is 20.9 Å². The van der Waals surface area contributed by atoms with Crippen molar-refractivity contribution in [3.05, 3.63) is 0 Å². The van der Waals surface area contributed by atoms with Crippen molar-refractivity contribution in [3.63, 3.8) is 0 Å². The van der Waals surface area contributed by atoms with Gasteiger partial charge in [0.1, 0.15) is 11.6 Å². The normalized spacial score (nSPS) is 26.0. The van der Waals surface area contributed by atoms with Crippen molar-refractivity contribution in [1.29, 1.82) is 0 Å². The van der Waals surface area contributed by atoms with Crippen LogP contribution in [0.3, 0.4) is 0 Å². The summed E-state index contributed by atoms with van der Waals surface area (Å²) in [5, 5.41) is 38.9. The van der Waals surface area contributed by atoms with Gasteiger partial charge in [-0.3, -0.25) is 9.59 Å². The number of nitrogens with one attached hydrogen (secondary N) is 1. The maximum absolute atomic E-state index is 12.2. The molecule has 0 unspecified atom stereocenters. The summed E-state index contributed by atoms with van der Waals surface area (Å²) >= 11 is 0. The first-order chi connectivity index (χ1) is 10.3. The topological polar surface area (TPSA) is 156 Å². The Morgan fingerprint density at radius 1 is 1.50 bits per heavy atom. The van der Waals surface area contributed by atoms with Crippen LogP contribution in [0, 0.1) is 5.92 Å². The number of nitrogens with two attached hydrogens (primary N) is 1. The average molecular weight is 317 g/mol. The lowest BCUT2D eigenvalue weighted by atomic mass is 9.78. The molecule has 0 saturated carbocycles. The molecule has 10 heteroatoms. The zero-order valence-electron chi connectivity index (χ0n) is 12.6.